The fraction of sp³-hybridized carbons (Fsp3) is 0.933. The van der Waals surface area contributed by atoms with Crippen molar-refractivity contribution in [2.75, 3.05) is 26.2 Å². The summed E-state index contributed by atoms with van der Waals surface area (Å²) in [5.41, 5.74) is 5.69. The fourth-order valence-corrected chi connectivity index (χ4v) is 2.88. The number of carbonyl (C=O) groups excluding carboxylic acids is 1. The van der Waals surface area contributed by atoms with E-state index in [1.807, 2.05) is 0 Å². The standard InChI is InChI=1S/C15H31N3O/c1-11(2)13(9-16)15(19)17-10-14(12(3)4)18-7-5-6-8-18/h11-14H,5-10,16H2,1-4H3,(H,17,19). The molecule has 1 saturated heterocycles. The molecular formula is C15H31N3O. The Balaban J connectivity index is 2.49. The highest BCUT2D eigenvalue weighted by atomic mass is 16.1. The lowest BCUT2D eigenvalue weighted by Gasteiger charge is -2.31. The molecule has 0 radical (unpaired) electrons. The van der Waals surface area contributed by atoms with Crippen molar-refractivity contribution in [3.63, 3.8) is 0 Å². The van der Waals surface area contributed by atoms with Gasteiger partial charge >= 0.3 is 0 Å². The molecule has 4 nitrogen and oxygen atoms in total. The zero-order valence-electron chi connectivity index (χ0n) is 13.0. The average Bonchev–Trinajstić information content (AvgIpc) is 2.82. The van der Waals surface area contributed by atoms with Gasteiger partial charge in [-0.15, -0.1) is 0 Å². The van der Waals surface area contributed by atoms with Crippen LogP contribution in [0.1, 0.15) is 40.5 Å². The molecule has 0 spiro atoms. The normalized spacial score (nSPS) is 19.9. The first kappa shape index (κ1) is 16.4. The molecule has 0 aromatic carbocycles. The molecule has 1 heterocycles. The van der Waals surface area contributed by atoms with Crippen LogP contribution < -0.4 is 11.1 Å². The second-order valence-electron chi connectivity index (χ2n) is 6.39. The minimum absolute atomic E-state index is 0.0635. The van der Waals surface area contributed by atoms with Crippen molar-refractivity contribution in [3.8, 4) is 0 Å². The molecule has 2 unspecified atom stereocenters. The third kappa shape index (κ3) is 4.77. The molecule has 1 aliphatic rings. The molecule has 2 atom stereocenters. The third-order valence-corrected chi connectivity index (χ3v) is 4.26. The molecule has 3 N–H and O–H groups in total. The van der Waals surface area contributed by atoms with Gasteiger partial charge in [-0.05, 0) is 37.8 Å². The van der Waals surface area contributed by atoms with E-state index in [1.165, 1.54) is 25.9 Å². The first-order valence-corrected chi connectivity index (χ1v) is 7.69. The van der Waals surface area contributed by atoms with Gasteiger partial charge in [-0.25, -0.2) is 0 Å². The molecule has 0 aliphatic carbocycles. The lowest BCUT2D eigenvalue weighted by Crippen LogP contribution is -2.48. The van der Waals surface area contributed by atoms with Crippen molar-refractivity contribution in [1.29, 1.82) is 0 Å². The number of amides is 1. The molecule has 4 heteroatoms. The lowest BCUT2D eigenvalue weighted by molar-refractivity contribution is -0.126. The van der Waals surface area contributed by atoms with E-state index < -0.39 is 0 Å². The van der Waals surface area contributed by atoms with Crippen LogP contribution in [0.3, 0.4) is 0 Å². The third-order valence-electron chi connectivity index (χ3n) is 4.26. The first-order valence-electron chi connectivity index (χ1n) is 7.69. The van der Waals surface area contributed by atoms with Crippen LogP contribution in [0.4, 0.5) is 0 Å². The summed E-state index contributed by atoms with van der Waals surface area (Å²) in [5, 5.41) is 3.11. The number of likely N-dealkylation sites (tertiary alicyclic amines) is 1. The van der Waals surface area contributed by atoms with E-state index in [2.05, 4.69) is 37.9 Å². The maximum Gasteiger partial charge on any atom is 0.224 e. The maximum absolute atomic E-state index is 12.1. The second-order valence-corrected chi connectivity index (χ2v) is 6.39. The van der Waals surface area contributed by atoms with Gasteiger partial charge in [0.2, 0.25) is 5.91 Å². The highest BCUT2D eigenvalue weighted by molar-refractivity contribution is 5.79. The van der Waals surface area contributed by atoms with Crippen LogP contribution >= 0.6 is 0 Å². The molecule has 0 aromatic rings. The Bertz CT molecular complexity index is 273. The number of rotatable bonds is 7. The topological polar surface area (TPSA) is 58.4 Å². The largest absolute Gasteiger partial charge is 0.354 e. The number of nitrogens with two attached hydrogens (primary N) is 1. The molecule has 1 aliphatic heterocycles. The monoisotopic (exact) mass is 269 g/mol. The summed E-state index contributed by atoms with van der Waals surface area (Å²) in [7, 11) is 0. The van der Waals surface area contributed by atoms with Crippen molar-refractivity contribution >= 4 is 5.91 Å². The summed E-state index contributed by atoms with van der Waals surface area (Å²) in [6.07, 6.45) is 2.57. The molecule has 0 bridgehead atoms. The first-order chi connectivity index (χ1) is 8.97. The van der Waals surface area contributed by atoms with E-state index in [-0.39, 0.29) is 11.8 Å². The second kappa shape index (κ2) is 7.85. The Morgan fingerprint density at radius 3 is 2.16 bits per heavy atom. The molecule has 112 valence electrons. The molecule has 0 aromatic heterocycles. The summed E-state index contributed by atoms with van der Waals surface area (Å²) < 4.78 is 0. The van der Waals surface area contributed by atoms with E-state index in [9.17, 15) is 4.79 Å². The number of carbonyl (C=O) groups is 1. The molecular weight excluding hydrogens is 238 g/mol. The predicted molar refractivity (Wildman–Crippen MR) is 79.8 cm³/mol. The van der Waals surface area contributed by atoms with Crippen molar-refractivity contribution in [2.45, 2.75) is 46.6 Å². The Morgan fingerprint density at radius 1 is 1.16 bits per heavy atom. The SMILES string of the molecule is CC(C)C(CN)C(=O)NCC(C(C)C)N1CCCC1. The number of hydrogen-bond donors (Lipinski definition) is 2. The quantitative estimate of drug-likeness (QED) is 0.735. The fourth-order valence-electron chi connectivity index (χ4n) is 2.88. The van der Waals surface area contributed by atoms with Crippen molar-refractivity contribution < 1.29 is 4.79 Å². The number of nitrogens with zero attached hydrogens (tertiary/aromatic N) is 1. The molecule has 0 saturated carbocycles. The van der Waals surface area contributed by atoms with Crippen molar-refractivity contribution in [2.24, 2.45) is 23.5 Å². The van der Waals surface area contributed by atoms with E-state index in [1.54, 1.807) is 0 Å². The zero-order chi connectivity index (χ0) is 14.4. The Hall–Kier alpha value is -0.610. The average molecular weight is 269 g/mol. The van der Waals surface area contributed by atoms with Crippen molar-refractivity contribution in [3.05, 3.63) is 0 Å². The highest BCUT2D eigenvalue weighted by Gasteiger charge is 2.26. The van der Waals surface area contributed by atoms with Crippen LogP contribution in [0.2, 0.25) is 0 Å². The Labute approximate surface area is 118 Å². The smallest absolute Gasteiger partial charge is 0.224 e. The Kier molecular flexibility index (Phi) is 6.80. The molecule has 1 fully saturated rings. The lowest BCUT2D eigenvalue weighted by atomic mass is 9.94. The van der Waals surface area contributed by atoms with Crippen LogP contribution in [0.15, 0.2) is 0 Å². The van der Waals surface area contributed by atoms with Gasteiger partial charge in [-0.2, -0.15) is 0 Å². The molecule has 1 amide bonds. The summed E-state index contributed by atoms with van der Waals surface area (Å²) >= 11 is 0. The predicted octanol–water partition coefficient (Wildman–Crippen LogP) is 1.45. The van der Waals surface area contributed by atoms with Crippen LogP contribution in [0.5, 0.6) is 0 Å². The van der Waals surface area contributed by atoms with Gasteiger partial charge in [0.15, 0.2) is 0 Å². The van der Waals surface area contributed by atoms with E-state index in [0.29, 0.717) is 24.4 Å². The minimum atomic E-state index is -0.0635. The van der Waals surface area contributed by atoms with Crippen molar-refractivity contribution in [1.82, 2.24) is 10.2 Å². The van der Waals surface area contributed by atoms with Gasteiger partial charge in [0.05, 0.1) is 5.92 Å². The van der Waals surface area contributed by atoms with Crippen LogP contribution in [0.25, 0.3) is 0 Å². The van der Waals surface area contributed by atoms with Gasteiger partial charge in [0, 0.05) is 19.1 Å². The van der Waals surface area contributed by atoms with Crippen LogP contribution in [0, 0.1) is 17.8 Å². The van der Waals surface area contributed by atoms with Gasteiger partial charge in [-0.1, -0.05) is 27.7 Å². The molecule has 1 rings (SSSR count). The number of nitrogens with one attached hydrogen (secondary N) is 1. The summed E-state index contributed by atoms with van der Waals surface area (Å²) in [5.74, 6) is 0.914. The Morgan fingerprint density at radius 2 is 1.74 bits per heavy atom. The van der Waals surface area contributed by atoms with E-state index in [0.717, 1.165) is 6.54 Å². The summed E-state index contributed by atoms with van der Waals surface area (Å²) in [4.78, 5) is 14.7. The van der Waals surface area contributed by atoms with E-state index >= 15 is 0 Å². The summed E-state index contributed by atoms with van der Waals surface area (Å²) in [6.45, 7) is 12.1. The highest BCUT2D eigenvalue weighted by Crippen LogP contribution is 2.17. The van der Waals surface area contributed by atoms with Gasteiger partial charge in [0.25, 0.3) is 0 Å². The number of hydrogen-bond acceptors (Lipinski definition) is 3. The minimum Gasteiger partial charge on any atom is -0.354 e. The maximum atomic E-state index is 12.1. The zero-order valence-corrected chi connectivity index (χ0v) is 13.0. The molecule has 19 heavy (non-hydrogen) atoms. The summed E-state index contributed by atoms with van der Waals surface area (Å²) in [6, 6.07) is 0.456. The van der Waals surface area contributed by atoms with Gasteiger partial charge < -0.3 is 11.1 Å². The van der Waals surface area contributed by atoms with Gasteiger partial charge in [-0.3, -0.25) is 9.69 Å². The van der Waals surface area contributed by atoms with Gasteiger partial charge in [0.1, 0.15) is 0 Å². The van der Waals surface area contributed by atoms with Crippen LogP contribution in [-0.2, 0) is 4.79 Å². The van der Waals surface area contributed by atoms with Crippen LogP contribution in [-0.4, -0.2) is 43.0 Å². The van der Waals surface area contributed by atoms with E-state index in [4.69, 9.17) is 5.73 Å².